The van der Waals surface area contributed by atoms with Gasteiger partial charge >= 0.3 is 0 Å². The first-order valence-electron chi connectivity index (χ1n) is 6.33. The molecular formula is C12H23N5O2. The molecule has 0 aliphatic carbocycles. The fourth-order valence-corrected chi connectivity index (χ4v) is 1.51. The molecule has 0 aromatic carbocycles. The number of hydrogen-bond donors (Lipinski definition) is 3. The maximum absolute atomic E-state index is 5.67. The van der Waals surface area contributed by atoms with Crippen LogP contribution in [0, 0.1) is 0 Å². The second kappa shape index (κ2) is 8.49. The summed E-state index contributed by atoms with van der Waals surface area (Å²) < 4.78 is 10.3. The number of nitrogens with two attached hydrogens (primary N) is 1. The van der Waals surface area contributed by atoms with Crippen molar-refractivity contribution in [3.05, 3.63) is 6.07 Å². The highest BCUT2D eigenvalue weighted by Crippen LogP contribution is 2.12. The third-order valence-corrected chi connectivity index (χ3v) is 2.50. The van der Waals surface area contributed by atoms with Gasteiger partial charge in [-0.15, -0.1) is 0 Å². The molecule has 4 N–H and O–H groups in total. The van der Waals surface area contributed by atoms with E-state index < -0.39 is 0 Å². The van der Waals surface area contributed by atoms with Crippen LogP contribution in [-0.2, 0) is 9.47 Å². The number of nitrogen functional groups attached to an aromatic ring is 1. The van der Waals surface area contributed by atoms with Crippen LogP contribution in [0.1, 0.15) is 13.3 Å². The van der Waals surface area contributed by atoms with E-state index in [2.05, 4.69) is 27.5 Å². The van der Waals surface area contributed by atoms with E-state index in [0.29, 0.717) is 19.0 Å². The van der Waals surface area contributed by atoms with Crippen LogP contribution in [0.2, 0.25) is 0 Å². The molecule has 19 heavy (non-hydrogen) atoms. The van der Waals surface area contributed by atoms with Crippen molar-refractivity contribution in [2.45, 2.75) is 19.4 Å². The third kappa shape index (κ3) is 5.71. The van der Waals surface area contributed by atoms with Gasteiger partial charge in [-0.05, 0) is 6.42 Å². The number of nitrogens with zero attached hydrogens (tertiary/aromatic N) is 2. The Bertz CT molecular complexity index is 375. The molecule has 1 aromatic rings. The molecule has 0 saturated heterocycles. The maximum atomic E-state index is 5.67. The number of aromatic nitrogens is 2. The molecule has 1 unspecified atom stereocenters. The number of anilines is 3. The monoisotopic (exact) mass is 269 g/mol. The van der Waals surface area contributed by atoms with E-state index in [9.17, 15) is 0 Å². The number of rotatable bonds is 9. The fraction of sp³-hybridized carbons (Fsp3) is 0.667. The van der Waals surface area contributed by atoms with Gasteiger partial charge in [0, 0.05) is 33.4 Å². The van der Waals surface area contributed by atoms with Gasteiger partial charge in [0.05, 0.1) is 12.7 Å². The van der Waals surface area contributed by atoms with Crippen molar-refractivity contribution in [1.29, 1.82) is 0 Å². The quantitative estimate of drug-likeness (QED) is 0.614. The summed E-state index contributed by atoms with van der Waals surface area (Å²) in [5.74, 6) is 1.63. The maximum Gasteiger partial charge on any atom is 0.223 e. The fourth-order valence-electron chi connectivity index (χ4n) is 1.51. The lowest BCUT2D eigenvalue weighted by Crippen LogP contribution is -2.27. The van der Waals surface area contributed by atoms with Crippen molar-refractivity contribution in [3.63, 3.8) is 0 Å². The first-order valence-corrected chi connectivity index (χ1v) is 6.33. The van der Waals surface area contributed by atoms with E-state index in [0.717, 1.165) is 18.8 Å². The molecule has 0 fully saturated rings. The highest BCUT2D eigenvalue weighted by molar-refractivity contribution is 5.51. The lowest BCUT2D eigenvalue weighted by Gasteiger charge is -2.16. The van der Waals surface area contributed by atoms with Crippen LogP contribution in [0.15, 0.2) is 6.07 Å². The van der Waals surface area contributed by atoms with Gasteiger partial charge in [-0.2, -0.15) is 9.97 Å². The van der Waals surface area contributed by atoms with Crippen LogP contribution in [0.5, 0.6) is 0 Å². The van der Waals surface area contributed by atoms with E-state index in [4.69, 9.17) is 15.2 Å². The van der Waals surface area contributed by atoms with Crippen molar-refractivity contribution in [2.75, 3.05) is 50.3 Å². The SMILES string of the molecule is CCCNc1cc(NCC(COC)OC)nc(N)n1. The van der Waals surface area contributed by atoms with Gasteiger partial charge < -0.3 is 25.8 Å². The standard InChI is InChI=1S/C12H23N5O2/c1-4-5-14-10-6-11(17-12(13)16-10)15-7-9(19-3)8-18-2/h6,9H,4-5,7-8H2,1-3H3,(H4,13,14,15,16,17). The molecule has 7 nitrogen and oxygen atoms in total. The Balaban J connectivity index is 2.59. The number of ether oxygens (including phenoxy) is 2. The van der Waals surface area contributed by atoms with Crippen molar-refractivity contribution < 1.29 is 9.47 Å². The summed E-state index contributed by atoms with van der Waals surface area (Å²) in [6, 6.07) is 1.82. The summed E-state index contributed by atoms with van der Waals surface area (Å²) in [4.78, 5) is 8.24. The molecule has 1 atom stereocenters. The van der Waals surface area contributed by atoms with Crippen LogP contribution in [0.25, 0.3) is 0 Å². The molecule has 7 heteroatoms. The first kappa shape index (κ1) is 15.5. The Morgan fingerprint density at radius 3 is 2.53 bits per heavy atom. The van der Waals surface area contributed by atoms with Crippen LogP contribution in [0.3, 0.4) is 0 Å². The number of methoxy groups -OCH3 is 2. The number of nitrogens with one attached hydrogen (secondary N) is 2. The van der Waals surface area contributed by atoms with Gasteiger partial charge in [-0.25, -0.2) is 0 Å². The summed E-state index contributed by atoms with van der Waals surface area (Å²) in [5.41, 5.74) is 5.67. The molecular weight excluding hydrogens is 246 g/mol. The first-order chi connectivity index (χ1) is 9.19. The Labute approximate surface area is 113 Å². The molecule has 0 aliphatic rings. The Kier molecular flexibility index (Phi) is 6.91. The van der Waals surface area contributed by atoms with Crippen LogP contribution >= 0.6 is 0 Å². The van der Waals surface area contributed by atoms with Gasteiger partial charge in [-0.3, -0.25) is 0 Å². The molecule has 1 heterocycles. The zero-order valence-electron chi connectivity index (χ0n) is 11.8. The minimum Gasteiger partial charge on any atom is -0.382 e. The van der Waals surface area contributed by atoms with Gasteiger partial charge in [0.25, 0.3) is 0 Å². The van der Waals surface area contributed by atoms with Crippen molar-refractivity contribution in [2.24, 2.45) is 0 Å². The van der Waals surface area contributed by atoms with Crippen molar-refractivity contribution >= 4 is 17.6 Å². The van der Waals surface area contributed by atoms with Crippen molar-refractivity contribution in [3.8, 4) is 0 Å². The molecule has 1 rings (SSSR count). The summed E-state index contributed by atoms with van der Waals surface area (Å²) >= 11 is 0. The number of hydrogen-bond acceptors (Lipinski definition) is 7. The summed E-state index contributed by atoms with van der Waals surface area (Å²) in [7, 11) is 3.29. The lowest BCUT2D eigenvalue weighted by atomic mass is 10.3. The highest BCUT2D eigenvalue weighted by Gasteiger charge is 2.08. The lowest BCUT2D eigenvalue weighted by molar-refractivity contribution is 0.0365. The van der Waals surface area contributed by atoms with Crippen LogP contribution in [-0.4, -0.2) is 50.0 Å². The molecule has 0 saturated carbocycles. The van der Waals surface area contributed by atoms with E-state index in [-0.39, 0.29) is 12.1 Å². The molecule has 0 radical (unpaired) electrons. The van der Waals surface area contributed by atoms with Crippen molar-refractivity contribution in [1.82, 2.24) is 9.97 Å². The zero-order valence-corrected chi connectivity index (χ0v) is 11.8. The highest BCUT2D eigenvalue weighted by atomic mass is 16.5. The largest absolute Gasteiger partial charge is 0.382 e. The predicted octanol–water partition coefficient (Wildman–Crippen LogP) is 0.954. The zero-order chi connectivity index (χ0) is 14.1. The van der Waals surface area contributed by atoms with E-state index in [1.807, 2.05) is 6.07 Å². The van der Waals surface area contributed by atoms with E-state index in [1.54, 1.807) is 14.2 Å². The molecule has 108 valence electrons. The van der Waals surface area contributed by atoms with Gasteiger partial charge in [-0.1, -0.05) is 6.92 Å². The normalized spacial score (nSPS) is 12.2. The minimum atomic E-state index is -0.0340. The minimum absolute atomic E-state index is 0.0340. The van der Waals surface area contributed by atoms with Gasteiger partial charge in [0.2, 0.25) is 5.95 Å². The second-order valence-corrected chi connectivity index (χ2v) is 4.12. The summed E-state index contributed by atoms with van der Waals surface area (Å²) in [6.07, 6.45) is 0.986. The van der Waals surface area contributed by atoms with Gasteiger partial charge in [0.15, 0.2) is 0 Å². The third-order valence-electron chi connectivity index (χ3n) is 2.50. The molecule has 0 aliphatic heterocycles. The topological polar surface area (TPSA) is 94.3 Å². The molecule has 0 spiro atoms. The molecule has 1 aromatic heterocycles. The Hall–Kier alpha value is -1.60. The Morgan fingerprint density at radius 1 is 1.26 bits per heavy atom. The predicted molar refractivity (Wildman–Crippen MR) is 76.4 cm³/mol. The van der Waals surface area contributed by atoms with E-state index >= 15 is 0 Å². The average molecular weight is 269 g/mol. The summed E-state index contributed by atoms with van der Waals surface area (Å²) in [6.45, 7) is 4.05. The van der Waals surface area contributed by atoms with Crippen LogP contribution in [0.4, 0.5) is 17.6 Å². The average Bonchev–Trinajstić information content (AvgIpc) is 2.40. The summed E-state index contributed by atoms with van der Waals surface area (Å²) in [5, 5.41) is 6.34. The van der Waals surface area contributed by atoms with E-state index in [1.165, 1.54) is 0 Å². The van der Waals surface area contributed by atoms with Crippen LogP contribution < -0.4 is 16.4 Å². The van der Waals surface area contributed by atoms with Gasteiger partial charge in [0.1, 0.15) is 11.6 Å². The Morgan fingerprint density at radius 2 is 1.95 bits per heavy atom. The second-order valence-electron chi connectivity index (χ2n) is 4.12. The molecule has 0 amide bonds. The molecule has 0 bridgehead atoms. The smallest absolute Gasteiger partial charge is 0.223 e.